The van der Waals surface area contributed by atoms with Gasteiger partial charge in [0.15, 0.2) is 0 Å². The Labute approximate surface area is 114 Å². The highest BCUT2D eigenvalue weighted by Crippen LogP contribution is 2.21. The SMILES string of the molecule is Cc1c(CS(=O)(=O)F)cc(OS(=O)(=O)F)cc1B(O)O. The Morgan fingerprint density at radius 2 is 1.75 bits per heavy atom. The van der Waals surface area contributed by atoms with Gasteiger partial charge >= 0.3 is 27.8 Å². The summed E-state index contributed by atoms with van der Waals surface area (Å²) < 4.78 is 70.9. The van der Waals surface area contributed by atoms with Crippen LogP contribution >= 0.6 is 0 Å². The number of hydrogen-bond acceptors (Lipinski definition) is 7. The molecule has 0 atom stereocenters. The van der Waals surface area contributed by atoms with E-state index in [0.717, 1.165) is 12.1 Å². The van der Waals surface area contributed by atoms with Gasteiger partial charge in [0.25, 0.3) is 0 Å². The van der Waals surface area contributed by atoms with Gasteiger partial charge in [0, 0.05) is 0 Å². The molecule has 0 spiro atoms. The Bertz CT molecular complexity index is 715. The van der Waals surface area contributed by atoms with Crippen molar-refractivity contribution in [1.82, 2.24) is 0 Å². The lowest BCUT2D eigenvalue weighted by Crippen LogP contribution is -2.33. The number of hydrogen-bond donors (Lipinski definition) is 2. The van der Waals surface area contributed by atoms with E-state index in [-0.39, 0.29) is 16.6 Å². The number of benzene rings is 1. The predicted molar refractivity (Wildman–Crippen MR) is 65.4 cm³/mol. The second kappa shape index (κ2) is 5.64. The van der Waals surface area contributed by atoms with Gasteiger partial charge in [-0.2, -0.15) is 16.8 Å². The Kier molecular flexibility index (Phi) is 4.74. The first-order valence-corrected chi connectivity index (χ1v) is 7.81. The van der Waals surface area contributed by atoms with Crippen LogP contribution in [-0.4, -0.2) is 34.0 Å². The summed E-state index contributed by atoms with van der Waals surface area (Å²) in [4.78, 5) is 0. The zero-order chi connectivity index (χ0) is 15.7. The Hall–Kier alpha value is -1.24. The lowest BCUT2D eigenvalue weighted by Gasteiger charge is -2.12. The average molecular weight is 330 g/mol. The maximum absolute atomic E-state index is 12.7. The fourth-order valence-corrected chi connectivity index (χ4v) is 2.53. The van der Waals surface area contributed by atoms with E-state index >= 15 is 0 Å². The molecule has 20 heavy (non-hydrogen) atoms. The van der Waals surface area contributed by atoms with Crippen molar-refractivity contribution in [3.05, 3.63) is 23.3 Å². The third-order valence-corrected chi connectivity index (χ3v) is 3.38. The molecule has 0 aliphatic heterocycles. The molecule has 112 valence electrons. The summed E-state index contributed by atoms with van der Waals surface area (Å²) in [5.41, 5.74) is -0.647. The highest BCUT2D eigenvalue weighted by molar-refractivity contribution is 7.85. The maximum Gasteiger partial charge on any atom is 0.488 e. The number of halogens is 2. The Balaban J connectivity index is 3.42. The standard InChI is InChI=1S/C8H9BF2O7S2/c1-5-6(4-19(10,14)15)2-7(18-20(11,16)17)3-8(5)9(12)13/h2-3,12-13H,4H2,1H3. The van der Waals surface area contributed by atoms with E-state index in [1.165, 1.54) is 6.92 Å². The largest absolute Gasteiger partial charge is 0.488 e. The molecule has 1 rings (SSSR count). The highest BCUT2D eigenvalue weighted by Gasteiger charge is 2.22. The Morgan fingerprint density at radius 3 is 2.15 bits per heavy atom. The van der Waals surface area contributed by atoms with Gasteiger partial charge in [-0.1, -0.05) is 3.89 Å². The third-order valence-electron chi connectivity index (χ3n) is 2.33. The van der Waals surface area contributed by atoms with Crippen molar-refractivity contribution in [1.29, 1.82) is 0 Å². The van der Waals surface area contributed by atoms with E-state index in [0.29, 0.717) is 0 Å². The minimum Gasteiger partial charge on any atom is -0.423 e. The van der Waals surface area contributed by atoms with Crippen LogP contribution in [0.3, 0.4) is 0 Å². The molecular weight excluding hydrogens is 321 g/mol. The Morgan fingerprint density at radius 1 is 1.20 bits per heavy atom. The fraction of sp³-hybridized carbons (Fsp3) is 0.250. The molecule has 0 saturated carbocycles. The van der Waals surface area contributed by atoms with Crippen molar-refractivity contribution in [3.8, 4) is 5.75 Å². The first kappa shape index (κ1) is 16.8. The van der Waals surface area contributed by atoms with Gasteiger partial charge in [-0.15, -0.1) is 3.89 Å². The molecule has 0 aromatic heterocycles. The van der Waals surface area contributed by atoms with Crippen molar-refractivity contribution in [2.75, 3.05) is 0 Å². The van der Waals surface area contributed by atoms with Gasteiger partial charge in [0.2, 0.25) is 0 Å². The van der Waals surface area contributed by atoms with Gasteiger partial charge in [-0.3, -0.25) is 0 Å². The van der Waals surface area contributed by atoms with E-state index in [1.54, 1.807) is 0 Å². The van der Waals surface area contributed by atoms with Crippen LogP contribution in [0.4, 0.5) is 7.77 Å². The molecule has 0 bridgehead atoms. The molecule has 12 heteroatoms. The average Bonchev–Trinajstić information content (AvgIpc) is 2.17. The van der Waals surface area contributed by atoms with E-state index in [9.17, 15) is 24.6 Å². The van der Waals surface area contributed by atoms with Crippen LogP contribution in [0.5, 0.6) is 5.75 Å². The van der Waals surface area contributed by atoms with E-state index in [1.807, 2.05) is 0 Å². The molecule has 0 aliphatic rings. The van der Waals surface area contributed by atoms with Gasteiger partial charge in [-0.25, -0.2) is 0 Å². The third kappa shape index (κ3) is 5.04. The van der Waals surface area contributed by atoms with Crippen LogP contribution in [-0.2, 0) is 26.5 Å². The smallest absolute Gasteiger partial charge is 0.423 e. The van der Waals surface area contributed by atoms with Crippen molar-refractivity contribution in [2.24, 2.45) is 0 Å². The molecule has 0 aliphatic carbocycles. The molecule has 2 N–H and O–H groups in total. The summed E-state index contributed by atoms with van der Waals surface area (Å²) in [6, 6.07) is 1.56. The first-order chi connectivity index (χ1) is 8.89. The molecule has 0 heterocycles. The fourth-order valence-electron chi connectivity index (χ4n) is 1.54. The van der Waals surface area contributed by atoms with Crippen LogP contribution in [0.25, 0.3) is 0 Å². The molecule has 0 radical (unpaired) electrons. The van der Waals surface area contributed by atoms with Gasteiger partial charge in [0.1, 0.15) is 11.5 Å². The molecule has 1 aromatic carbocycles. The van der Waals surface area contributed by atoms with Gasteiger partial charge in [-0.05, 0) is 35.6 Å². The van der Waals surface area contributed by atoms with Crippen LogP contribution in [0.1, 0.15) is 11.1 Å². The zero-order valence-corrected chi connectivity index (χ0v) is 11.6. The highest BCUT2D eigenvalue weighted by atomic mass is 32.3. The minimum absolute atomic E-state index is 0.00942. The second-order valence-electron chi connectivity index (χ2n) is 3.83. The summed E-state index contributed by atoms with van der Waals surface area (Å²) in [7, 11) is -12.5. The van der Waals surface area contributed by atoms with Crippen LogP contribution in [0, 0.1) is 6.92 Å². The topological polar surface area (TPSA) is 118 Å². The zero-order valence-electron chi connectivity index (χ0n) is 9.95. The van der Waals surface area contributed by atoms with E-state index in [2.05, 4.69) is 4.18 Å². The molecule has 7 nitrogen and oxygen atoms in total. The van der Waals surface area contributed by atoms with Crippen molar-refractivity contribution >= 4 is 33.3 Å². The summed E-state index contributed by atoms with van der Waals surface area (Å²) >= 11 is 0. The van der Waals surface area contributed by atoms with Crippen molar-refractivity contribution in [3.63, 3.8) is 0 Å². The van der Waals surface area contributed by atoms with Gasteiger partial charge < -0.3 is 14.2 Å². The van der Waals surface area contributed by atoms with E-state index < -0.39 is 39.3 Å². The predicted octanol–water partition coefficient (Wildman–Crippen LogP) is -0.933. The summed E-state index contributed by atoms with van der Waals surface area (Å²) in [6.45, 7) is 1.25. The molecule has 0 saturated heterocycles. The quantitative estimate of drug-likeness (QED) is 0.529. The maximum atomic E-state index is 12.7. The van der Waals surface area contributed by atoms with Gasteiger partial charge in [0.05, 0.1) is 0 Å². The first-order valence-electron chi connectivity index (χ1n) is 4.95. The molecule has 0 amide bonds. The molecule has 1 aromatic rings. The normalized spacial score (nSPS) is 12.2. The monoisotopic (exact) mass is 330 g/mol. The van der Waals surface area contributed by atoms with Crippen LogP contribution < -0.4 is 9.65 Å². The lowest BCUT2D eigenvalue weighted by molar-refractivity contribution is 0.423. The van der Waals surface area contributed by atoms with Crippen LogP contribution in [0.2, 0.25) is 0 Å². The van der Waals surface area contributed by atoms with E-state index in [4.69, 9.17) is 10.0 Å². The van der Waals surface area contributed by atoms with Crippen molar-refractivity contribution < 1.29 is 38.8 Å². The molecule has 0 unspecified atom stereocenters. The molecule has 0 fully saturated rings. The summed E-state index contributed by atoms with van der Waals surface area (Å²) in [6.07, 6.45) is 0. The second-order valence-corrected chi connectivity index (χ2v) is 6.15. The van der Waals surface area contributed by atoms with Crippen LogP contribution in [0.15, 0.2) is 12.1 Å². The lowest BCUT2D eigenvalue weighted by atomic mass is 9.76. The molecular formula is C8H9BF2O7S2. The summed E-state index contributed by atoms with van der Waals surface area (Å²) in [5.74, 6) is -1.86. The minimum atomic E-state index is -5.40. The number of rotatable bonds is 5. The van der Waals surface area contributed by atoms with Crippen molar-refractivity contribution in [2.45, 2.75) is 12.7 Å². The summed E-state index contributed by atoms with van der Waals surface area (Å²) in [5, 5.41) is 18.1.